The van der Waals surface area contributed by atoms with Crippen LogP contribution < -0.4 is 10.0 Å². The Hall–Kier alpha value is -6.27. The predicted octanol–water partition coefficient (Wildman–Crippen LogP) is 6.93. The third-order valence-corrected chi connectivity index (χ3v) is 11.8. The molecule has 2 aliphatic rings. The number of benzene rings is 2. The van der Waals surface area contributed by atoms with Crippen molar-refractivity contribution in [3.63, 3.8) is 0 Å². The number of aryl methyl sites for hydroxylation is 2. The van der Waals surface area contributed by atoms with Gasteiger partial charge in [-0.25, -0.2) is 23.5 Å². The maximum Gasteiger partial charge on any atom is 0.435 e. The number of nitrogens with zero attached hydrogens (tertiary/aromatic N) is 7. The lowest BCUT2D eigenvalue weighted by Crippen LogP contribution is -2.39. The van der Waals surface area contributed by atoms with Crippen LogP contribution in [0.15, 0.2) is 66.1 Å². The molecule has 0 aliphatic heterocycles. The molecule has 13 nitrogen and oxygen atoms in total. The highest BCUT2D eigenvalue weighted by atomic mass is 32.2. The Kier molecular flexibility index (Phi) is 9.81. The maximum absolute atomic E-state index is 15.9. The number of aliphatic hydroxyl groups is 1. The first kappa shape index (κ1) is 41.5. The summed E-state index contributed by atoms with van der Waals surface area (Å²) < 4.78 is 136. The quantitative estimate of drug-likeness (QED) is 0.110. The monoisotopic (exact) mass is 869 g/mol. The number of halogens is 7. The molecule has 0 saturated heterocycles. The van der Waals surface area contributed by atoms with Gasteiger partial charge in [0.2, 0.25) is 0 Å². The fraction of sp³-hybridized carbons (Fsp3) is 0.325. The van der Waals surface area contributed by atoms with E-state index in [0.29, 0.717) is 17.1 Å². The molecule has 4 aromatic heterocycles. The average molecular weight is 870 g/mol. The van der Waals surface area contributed by atoms with Gasteiger partial charge >= 0.3 is 12.2 Å². The minimum absolute atomic E-state index is 0.00557. The molecule has 3 N–H and O–H groups in total. The molecule has 1 amide bonds. The molecular formula is C40H34F7N9O4S. The number of sulfonamides is 1. The van der Waals surface area contributed by atoms with Crippen LogP contribution in [0.3, 0.4) is 0 Å². The second-order valence-corrected chi connectivity index (χ2v) is 17.1. The third kappa shape index (κ3) is 7.58. The molecule has 3 atom stereocenters. The van der Waals surface area contributed by atoms with Crippen molar-refractivity contribution >= 4 is 32.8 Å². The smallest absolute Gasteiger partial charge is 0.378 e. The number of hydrogen-bond acceptors (Lipinski definition) is 8. The minimum Gasteiger partial charge on any atom is -0.378 e. The Morgan fingerprint density at radius 1 is 1.03 bits per heavy atom. The molecule has 2 aromatic carbocycles. The molecule has 21 heteroatoms. The Bertz CT molecular complexity index is 2920. The largest absolute Gasteiger partial charge is 0.435 e. The van der Waals surface area contributed by atoms with Crippen molar-refractivity contribution in [2.45, 2.75) is 67.8 Å². The summed E-state index contributed by atoms with van der Waals surface area (Å²) in [4.78, 5) is 22.8. The van der Waals surface area contributed by atoms with Gasteiger partial charge in [-0.15, -0.1) is 0 Å². The van der Waals surface area contributed by atoms with Gasteiger partial charge in [-0.05, 0) is 80.8 Å². The zero-order valence-electron chi connectivity index (χ0n) is 32.5. The molecule has 4 heterocycles. The molecule has 2 aliphatic carbocycles. The fourth-order valence-corrected chi connectivity index (χ4v) is 8.90. The third-order valence-electron chi connectivity index (χ3n) is 10.6. The number of hydrogen-bond donors (Lipinski definition) is 3. The Balaban J connectivity index is 1.31. The molecule has 0 radical (unpaired) electrons. The van der Waals surface area contributed by atoms with E-state index in [1.165, 1.54) is 54.8 Å². The van der Waals surface area contributed by atoms with Gasteiger partial charge in [-0.2, -0.15) is 45.2 Å². The second-order valence-electron chi connectivity index (χ2n) is 15.5. The van der Waals surface area contributed by atoms with E-state index >= 15 is 8.78 Å². The second kappa shape index (κ2) is 14.4. The van der Waals surface area contributed by atoms with E-state index in [9.17, 15) is 40.3 Å². The molecule has 318 valence electrons. The van der Waals surface area contributed by atoms with Crippen LogP contribution in [0.5, 0.6) is 0 Å². The van der Waals surface area contributed by atoms with Crippen LogP contribution in [0.25, 0.3) is 22.0 Å². The maximum atomic E-state index is 15.9. The Labute approximate surface area is 342 Å². The highest BCUT2D eigenvalue weighted by Gasteiger charge is 2.64. The van der Waals surface area contributed by atoms with Crippen LogP contribution >= 0.6 is 0 Å². The number of fused-ring (bicyclic) bond motifs is 4. The van der Waals surface area contributed by atoms with Crippen LogP contribution in [-0.2, 0) is 42.6 Å². The predicted molar refractivity (Wildman–Crippen MR) is 204 cm³/mol. The van der Waals surface area contributed by atoms with E-state index < -0.39 is 86.6 Å². The van der Waals surface area contributed by atoms with Crippen LogP contribution in [0.4, 0.5) is 41.3 Å². The number of amides is 1. The summed E-state index contributed by atoms with van der Waals surface area (Å²) in [5.41, 5.74) is -4.50. The molecule has 1 saturated carbocycles. The Morgan fingerprint density at radius 2 is 1.75 bits per heavy atom. The summed E-state index contributed by atoms with van der Waals surface area (Å²) in [5.74, 6) is -3.29. The van der Waals surface area contributed by atoms with Crippen LogP contribution in [0.1, 0.15) is 72.6 Å². The van der Waals surface area contributed by atoms with Gasteiger partial charge in [0.05, 0.1) is 23.6 Å². The first-order valence-electron chi connectivity index (χ1n) is 18.6. The number of rotatable bonds is 8. The number of carbonyl (C=O) groups excluding carboxylic acids is 1. The number of aromatic nitrogens is 7. The van der Waals surface area contributed by atoms with Crippen molar-refractivity contribution in [3.05, 3.63) is 107 Å². The number of pyridine rings is 1. The first-order valence-corrected chi connectivity index (χ1v) is 20.1. The molecule has 0 bridgehead atoms. The molecule has 3 unspecified atom stereocenters. The summed E-state index contributed by atoms with van der Waals surface area (Å²) in [6.07, 6.45) is -3.15. The van der Waals surface area contributed by atoms with E-state index in [4.69, 9.17) is 0 Å². The number of imidazole rings is 1. The van der Waals surface area contributed by atoms with Crippen molar-refractivity contribution in [2.75, 3.05) is 4.72 Å². The standard InChI is InChI=1S/C40H34F7N9O4S/c1-38(2,58)13-12-23-8-9-24(25-6-5-7-27-33(25)55(4)52-36(27)53-61(59,60)30-18-54(3)19-48-30)32(49-23)29(16-20-14-21(41)17-22(42)15-20)50-37(57)56-35-31(34(51-56)40(45,46)47)26-10-11-28(26)39(35,43)44/h5-9,14-15,17-19,26,28-29,58H,10-11,16H2,1-4H3,(H,50,57)(H,52,53). The van der Waals surface area contributed by atoms with E-state index in [1.807, 2.05) is 0 Å². The first-order chi connectivity index (χ1) is 28.5. The number of para-hydroxylation sites is 1. The molecular weight excluding hydrogens is 836 g/mol. The number of nitrogens with one attached hydrogen (secondary N) is 2. The van der Waals surface area contributed by atoms with Crippen molar-refractivity contribution in [2.24, 2.45) is 20.0 Å². The lowest BCUT2D eigenvalue weighted by molar-refractivity contribution is -0.143. The summed E-state index contributed by atoms with van der Waals surface area (Å²) in [7, 11) is -1.15. The summed E-state index contributed by atoms with van der Waals surface area (Å²) in [6.45, 7) is 2.80. The SMILES string of the molecule is Cn1cnc(S(=O)(=O)Nc2nn(C)c3c(-c4ccc(C#CC(C)(C)O)nc4C(Cc4cc(F)cc(F)c4)NC(=O)n4nc(C(F)(F)F)c5c4C(F)(F)C4CCC54)cccc23)c1. The van der Waals surface area contributed by atoms with Gasteiger partial charge in [0.25, 0.3) is 15.9 Å². The summed E-state index contributed by atoms with van der Waals surface area (Å²) in [6, 6.07) is 7.08. The highest BCUT2D eigenvalue weighted by molar-refractivity contribution is 7.92. The number of anilines is 1. The van der Waals surface area contributed by atoms with Gasteiger partial charge in [0.1, 0.15) is 28.6 Å². The molecule has 1 fully saturated rings. The molecule has 8 rings (SSSR count). The van der Waals surface area contributed by atoms with Crippen molar-refractivity contribution in [3.8, 4) is 23.0 Å². The van der Waals surface area contributed by atoms with E-state index in [0.717, 1.165) is 12.1 Å². The minimum atomic E-state index is -5.19. The highest BCUT2D eigenvalue weighted by Crippen LogP contribution is 2.64. The topological polar surface area (TPSA) is 162 Å². The van der Waals surface area contributed by atoms with E-state index in [1.54, 1.807) is 25.2 Å². The summed E-state index contributed by atoms with van der Waals surface area (Å²) >= 11 is 0. The van der Waals surface area contributed by atoms with Gasteiger partial charge in [-0.1, -0.05) is 18.1 Å². The van der Waals surface area contributed by atoms with Crippen LogP contribution in [-0.4, -0.2) is 59.3 Å². The molecule has 0 spiro atoms. The van der Waals surface area contributed by atoms with Gasteiger partial charge in [0.15, 0.2) is 16.5 Å². The van der Waals surface area contributed by atoms with E-state index in [-0.39, 0.29) is 56.3 Å². The van der Waals surface area contributed by atoms with E-state index in [2.05, 4.69) is 42.0 Å². The zero-order chi connectivity index (χ0) is 44.0. The Morgan fingerprint density at radius 3 is 2.38 bits per heavy atom. The summed E-state index contributed by atoms with van der Waals surface area (Å²) in [5, 5.41) is 20.6. The average Bonchev–Trinajstić information content (AvgIpc) is 3.87. The van der Waals surface area contributed by atoms with Crippen LogP contribution in [0, 0.1) is 29.4 Å². The van der Waals surface area contributed by atoms with Gasteiger partial charge < -0.3 is 15.0 Å². The lowest BCUT2D eigenvalue weighted by Gasteiger charge is -2.34. The van der Waals surface area contributed by atoms with Crippen molar-refractivity contribution in [1.82, 2.24) is 39.4 Å². The van der Waals surface area contributed by atoms with Gasteiger partial charge in [-0.3, -0.25) is 9.40 Å². The number of carbonyl (C=O) groups is 1. The number of alkyl halides is 5. The zero-order valence-corrected chi connectivity index (χ0v) is 33.3. The van der Waals surface area contributed by atoms with Crippen LogP contribution in [0.2, 0.25) is 0 Å². The van der Waals surface area contributed by atoms with Crippen molar-refractivity contribution in [1.29, 1.82) is 0 Å². The lowest BCUT2D eigenvalue weighted by atomic mass is 9.73. The normalized spacial score (nSPS) is 17.6. The molecule has 6 aromatic rings. The van der Waals surface area contributed by atoms with Gasteiger partial charge in [0, 0.05) is 54.4 Å². The molecule has 61 heavy (non-hydrogen) atoms. The fourth-order valence-electron chi connectivity index (χ4n) is 7.90. The van der Waals surface area contributed by atoms with Crippen molar-refractivity contribution < 1.29 is 49.1 Å².